The molecule has 0 aliphatic carbocycles. The van der Waals surface area contributed by atoms with Crippen LogP contribution in [0.4, 0.5) is 4.79 Å². The molecule has 140 valence electrons. The first-order chi connectivity index (χ1) is 13.0. The lowest BCUT2D eigenvalue weighted by Gasteiger charge is -2.14. The van der Waals surface area contributed by atoms with Gasteiger partial charge in [-0.2, -0.15) is 0 Å². The maximum absolute atomic E-state index is 12.1. The zero-order valence-electron chi connectivity index (χ0n) is 15.3. The largest absolute Gasteiger partial charge is 0.347 e. The third-order valence-corrected chi connectivity index (χ3v) is 4.32. The summed E-state index contributed by atoms with van der Waals surface area (Å²) in [6.45, 7) is 3.93. The average molecular weight is 365 g/mol. The monoisotopic (exact) mass is 365 g/mol. The van der Waals surface area contributed by atoms with E-state index in [-0.39, 0.29) is 18.5 Å². The Kier molecular flexibility index (Phi) is 5.80. The molecule has 7 nitrogen and oxygen atoms in total. The number of benzene rings is 1. The van der Waals surface area contributed by atoms with Crippen LogP contribution in [0.25, 0.3) is 0 Å². The minimum Gasteiger partial charge on any atom is -0.347 e. The zero-order valence-corrected chi connectivity index (χ0v) is 15.3. The molecule has 1 aromatic heterocycles. The number of pyridine rings is 1. The zero-order chi connectivity index (χ0) is 19.2. The van der Waals surface area contributed by atoms with Crippen molar-refractivity contribution >= 4 is 17.6 Å². The van der Waals surface area contributed by atoms with E-state index in [1.54, 1.807) is 18.0 Å². The molecule has 3 amide bonds. The van der Waals surface area contributed by atoms with Gasteiger partial charge in [-0.25, -0.2) is 4.79 Å². The van der Waals surface area contributed by atoms with E-state index in [1.807, 2.05) is 30.3 Å². The van der Waals surface area contributed by atoms with Crippen LogP contribution in [0.3, 0.4) is 0 Å². The second kappa shape index (κ2) is 8.44. The number of nitrogens with one attached hydrogen (secondary N) is 3. The smallest absolute Gasteiger partial charge is 0.317 e. The minimum absolute atomic E-state index is 0.0153. The number of carbonyl (C=O) groups excluding carboxylic acids is 2. The Morgan fingerprint density at radius 3 is 2.63 bits per heavy atom. The van der Waals surface area contributed by atoms with Crippen LogP contribution in [-0.2, 0) is 13.0 Å². The van der Waals surface area contributed by atoms with Crippen molar-refractivity contribution in [2.45, 2.75) is 19.9 Å². The topological polar surface area (TPSA) is 98.2 Å². The molecule has 0 atom stereocenters. The number of amides is 3. The fraction of sp³-hybridized carbons (Fsp3) is 0.300. The summed E-state index contributed by atoms with van der Waals surface area (Å²) in [5.41, 5.74) is 4.04. The van der Waals surface area contributed by atoms with E-state index in [4.69, 9.17) is 5.41 Å². The molecule has 2 heterocycles. The van der Waals surface area contributed by atoms with Gasteiger partial charge in [0, 0.05) is 37.7 Å². The summed E-state index contributed by atoms with van der Waals surface area (Å²) in [4.78, 5) is 29.7. The minimum atomic E-state index is -0.227. The lowest BCUT2D eigenvalue weighted by molar-refractivity contribution is 0.0958. The second-order valence-corrected chi connectivity index (χ2v) is 6.69. The Morgan fingerprint density at radius 2 is 1.96 bits per heavy atom. The van der Waals surface area contributed by atoms with Gasteiger partial charge in [0.15, 0.2) is 0 Å². The van der Waals surface area contributed by atoms with Crippen LogP contribution >= 0.6 is 0 Å². The van der Waals surface area contributed by atoms with Crippen molar-refractivity contribution in [2.75, 3.05) is 19.6 Å². The van der Waals surface area contributed by atoms with E-state index in [0.29, 0.717) is 30.8 Å². The number of carbonyl (C=O) groups is 2. The molecule has 0 radical (unpaired) electrons. The van der Waals surface area contributed by atoms with Gasteiger partial charge >= 0.3 is 6.03 Å². The van der Waals surface area contributed by atoms with Gasteiger partial charge in [0.05, 0.1) is 12.1 Å². The van der Waals surface area contributed by atoms with E-state index in [2.05, 4.69) is 15.6 Å². The lowest BCUT2D eigenvalue weighted by Crippen LogP contribution is -2.28. The summed E-state index contributed by atoms with van der Waals surface area (Å²) >= 11 is 0. The summed E-state index contributed by atoms with van der Waals surface area (Å²) in [5, 5.41) is 12.9. The number of nitrogens with zero attached hydrogens (tertiary/aromatic N) is 2. The van der Waals surface area contributed by atoms with E-state index in [0.717, 1.165) is 23.2 Å². The molecule has 1 fully saturated rings. The van der Waals surface area contributed by atoms with Gasteiger partial charge in [-0.3, -0.25) is 9.78 Å². The molecule has 7 heteroatoms. The van der Waals surface area contributed by atoms with Crippen LogP contribution < -0.4 is 10.6 Å². The summed E-state index contributed by atoms with van der Waals surface area (Å²) in [7, 11) is 0. The fourth-order valence-corrected chi connectivity index (χ4v) is 2.90. The van der Waals surface area contributed by atoms with E-state index >= 15 is 0 Å². The van der Waals surface area contributed by atoms with Gasteiger partial charge in [-0.15, -0.1) is 0 Å². The molecular weight excluding hydrogens is 342 g/mol. The van der Waals surface area contributed by atoms with Crippen LogP contribution in [0.2, 0.25) is 0 Å². The van der Waals surface area contributed by atoms with Crippen LogP contribution in [0.15, 0.2) is 42.7 Å². The van der Waals surface area contributed by atoms with Gasteiger partial charge in [-0.1, -0.05) is 24.3 Å². The van der Waals surface area contributed by atoms with Crippen molar-refractivity contribution < 1.29 is 9.59 Å². The fourth-order valence-electron chi connectivity index (χ4n) is 2.90. The van der Waals surface area contributed by atoms with Gasteiger partial charge in [0.25, 0.3) is 5.91 Å². The van der Waals surface area contributed by atoms with Crippen molar-refractivity contribution in [1.82, 2.24) is 20.5 Å². The highest BCUT2D eigenvalue weighted by Crippen LogP contribution is 2.14. The molecule has 1 aromatic carbocycles. The molecular formula is C20H23N5O2. The maximum atomic E-state index is 12.1. The lowest BCUT2D eigenvalue weighted by atomic mass is 10.0. The van der Waals surface area contributed by atoms with Crippen molar-refractivity contribution in [3.8, 4) is 0 Å². The Morgan fingerprint density at radius 1 is 1.22 bits per heavy atom. The second-order valence-electron chi connectivity index (χ2n) is 6.69. The van der Waals surface area contributed by atoms with Crippen LogP contribution in [0, 0.1) is 5.41 Å². The standard InChI is InChI=1S/C20H23N5O2/c1-14(21)10-24-19(26)18-9-17(11-22-12-18)8-15-2-4-16(5-3-15)13-25-7-6-23-20(25)27/h2-5,9,11-12,21H,6-8,10,13H2,1H3,(H,23,27)(H,24,26). The molecule has 27 heavy (non-hydrogen) atoms. The number of aromatic nitrogens is 1. The third-order valence-electron chi connectivity index (χ3n) is 4.32. The van der Waals surface area contributed by atoms with E-state index in [9.17, 15) is 9.59 Å². The molecule has 1 saturated heterocycles. The predicted molar refractivity (Wildman–Crippen MR) is 103 cm³/mol. The summed E-state index contributed by atoms with van der Waals surface area (Å²) in [5.74, 6) is -0.227. The average Bonchev–Trinajstić information content (AvgIpc) is 3.06. The highest BCUT2D eigenvalue weighted by atomic mass is 16.2. The Bertz CT molecular complexity index is 848. The van der Waals surface area contributed by atoms with Crippen molar-refractivity contribution in [3.63, 3.8) is 0 Å². The molecule has 1 aliphatic rings. The Hall–Kier alpha value is -3.22. The van der Waals surface area contributed by atoms with Gasteiger partial charge in [-0.05, 0) is 36.1 Å². The molecule has 0 saturated carbocycles. The Labute approximate surface area is 158 Å². The van der Waals surface area contributed by atoms with Gasteiger partial charge in [0.1, 0.15) is 0 Å². The molecule has 1 aliphatic heterocycles. The third kappa shape index (κ3) is 5.13. The van der Waals surface area contributed by atoms with E-state index in [1.165, 1.54) is 6.20 Å². The first-order valence-electron chi connectivity index (χ1n) is 8.88. The first kappa shape index (κ1) is 18.6. The summed E-state index contributed by atoms with van der Waals surface area (Å²) < 4.78 is 0. The number of hydrogen-bond acceptors (Lipinski definition) is 4. The van der Waals surface area contributed by atoms with Crippen LogP contribution in [-0.4, -0.2) is 47.2 Å². The highest BCUT2D eigenvalue weighted by molar-refractivity contribution is 5.96. The highest BCUT2D eigenvalue weighted by Gasteiger charge is 2.19. The van der Waals surface area contributed by atoms with Crippen molar-refractivity contribution in [3.05, 3.63) is 65.0 Å². The van der Waals surface area contributed by atoms with Gasteiger partial charge in [0.2, 0.25) is 0 Å². The first-order valence-corrected chi connectivity index (χ1v) is 8.88. The summed E-state index contributed by atoms with van der Waals surface area (Å²) in [6, 6.07) is 9.93. The van der Waals surface area contributed by atoms with Crippen molar-refractivity contribution in [1.29, 1.82) is 5.41 Å². The SMILES string of the molecule is CC(=N)CNC(=O)c1cncc(Cc2ccc(CN3CCNC3=O)cc2)c1. The quantitative estimate of drug-likeness (QED) is 0.654. The van der Waals surface area contributed by atoms with Crippen LogP contribution in [0.1, 0.15) is 34.0 Å². The van der Waals surface area contributed by atoms with E-state index < -0.39 is 0 Å². The maximum Gasteiger partial charge on any atom is 0.317 e. The predicted octanol–water partition coefficient (Wildman–Crippen LogP) is 1.97. The normalized spacial score (nSPS) is 13.4. The summed E-state index contributed by atoms with van der Waals surface area (Å²) in [6.07, 6.45) is 3.95. The molecule has 0 spiro atoms. The van der Waals surface area contributed by atoms with Crippen LogP contribution in [0.5, 0.6) is 0 Å². The number of rotatable bonds is 7. The molecule has 2 aromatic rings. The Balaban J connectivity index is 1.61. The molecule has 3 N–H and O–H groups in total. The van der Waals surface area contributed by atoms with Crippen molar-refractivity contribution in [2.24, 2.45) is 0 Å². The number of urea groups is 1. The molecule has 3 rings (SSSR count). The molecule has 0 unspecified atom stereocenters. The van der Waals surface area contributed by atoms with Gasteiger partial charge < -0.3 is 20.9 Å². The molecule has 0 bridgehead atoms. The number of hydrogen-bond donors (Lipinski definition) is 3.